The van der Waals surface area contributed by atoms with Crippen molar-refractivity contribution in [2.75, 3.05) is 0 Å². The van der Waals surface area contributed by atoms with E-state index >= 15 is 0 Å². The summed E-state index contributed by atoms with van der Waals surface area (Å²) in [6, 6.07) is 2.17. The van der Waals surface area contributed by atoms with E-state index in [0.717, 1.165) is 0 Å². The number of primary amides is 1. The van der Waals surface area contributed by atoms with Crippen molar-refractivity contribution in [2.45, 2.75) is 0 Å². The highest BCUT2D eigenvalue weighted by molar-refractivity contribution is 6.03. The molecular formula is C10H9N5O3. The van der Waals surface area contributed by atoms with Crippen LogP contribution >= 0.6 is 0 Å². The molecule has 0 spiro atoms. The monoisotopic (exact) mass is 247 g/mol. The van der Waals surface area contributed by atoms with E-state index < -0.39 is 23.2 Å². The number of carbonyl (C=O) groups is 2. The second-order valence-electron chi connectivity index (χ2n) is 3.49. The lowest BCUT2D eigenvalue weighted by Gasteiger charge is -2.05. The number of nitrogens with zero attached hydrogens (tertiary/aromatic N) is 3. The Bertz CT molecular complexity index is 706. The summed E-state index contributed by atoms with van der Waals surface area (Å²) in [5.74, 6) is -0.936. The molecule has 3 N–H and O–H groups in total. The fraction of sp³-hybridized carbons (Fsp3) is 0.100. The molecule has 0 radical (unpaired) electrons. The number of hydrogen-bond donors (Lipinski definition) is 2. The molecule has 92 valence electrons. The highest BCUT2D eigenvalue weighted by Crippen LogP contribution is 2.04. The van der Waals surface area contributed by atoms with E-state index in [-0.39, 0.29) is 0 Å². The third-order valence-corrected chi connectivity index (χ3v) is 2.28. The molecule has 0 aromatic carbocycles. The number of fused-ring (bicyclic) bond motifs is 1. The Morgan fingerprint density at radius 1 is 1.44 bits per heavy atom. The molecule has 2 heterocycles. The molecule has 0 aliphatic carbocycles. The third kappa shape index (κ3) is 1.90. The molecule has 2 rings (SSSR count). The Labute approximate surface area is 100 Å². The fourth-order valence-corrected chi connectivity index (χ4v) is 1.48. The standard InChI is InChI=1S/C10H9N5O3/c1-15-7-5(3-2-4-12-7)13-6(9(15)17)8(16)14-10(11)18/h2-4H,1H3,(H3,11,14,16,18). The van der Waals surface area contributed by atoms with E-state index in [1.807, 2.05) is 0 Å². The summed E-state index contributed by atoms with van der Waals surface area (Å²) in [4.78, 5) is 41.9. The van der Waals surface area contributed by atoms with Crippen molar-refractivity contribution in [3.8, 4) is 0 Å². The smallest absolute Gasteiger partial charge is 0.319 e. The van der Waals surface area contributed by atoms with Gasteiger partial charge >= 0.3 is 6.03 Å². The van der Waals surface area contributed by atoms with Crippen molar-refractivity contribution < 1.29 is 9.59 Å². The van der Waals surface area contributed by atoms with Crippen molar-refractivity contribution in [1.82, 2.24) is 19.9 Å². The number of rotatable bonds is 1. The van der Waals surface area contributed by atoms with Crippen LogP contribution in [-0.4, -0.2) is 26.5 Å². The van der Waals surface area contributed by atoms with E-state index in [1.165, 1.54) is 17.8 Å². The molecular weight excluding hydrogens is 238 g/mol. The van der Waals surface area contributed by atoms with Gasteiger partial charge in [-0.1, -0.05) is 0 Å². The molecule has 0 aliphatic rings. The van der Waals surface area contributed by atoms with E-state index in [0.29, 0.717) is 11.2 Å². The van der Waals surface area contributed by atoms with Gasteiger partial charge in [0.05, 0.1) is 0 Å². The first-order valence-corrected chi connectivity index (χ1v) is 4.93. The van der Waals surface area contributed by atoms with Gasteiger partial charge in [0, 0.05) is 13.2 Å². The number of amides is 3. The second kappa shape index (κ2) is 4.24. The second-order valence-corrected chi connectivity index (χ2v) is 3.49. The van der Waals surface area contributed by atoms with Gasteiger partial charge in [0.25, 0.3) is 11.5 Å². The maximum absolute atomic E-state index is 11.9. The first-order chi connectivity index (χ1) is 8.50. The molecule has 3 amide bonds. The summed E-state index contributed by atoms with van der Waals surface area (Å²) in [5, 5.41) is 1.80. The molecule has 0 bridgehead atoms. The average molecular weight is 247 g/mol. The van der Waals surface area contributed by atoms with Gasteiger partial charge in [0.1, 0.15) is 5.52 Å². The first-order valence-electron chi connectivity index (χ1n) is 4.93. The number of nitrogens with one attached hydrogen (secondary N) is 1. The SMILES string of the molecule is Cn1c(=O)c(C(=O)NC(N)=O)nc2cccnc21. The zero-order valence-corrected chi connectivity index (χ0v) is 9.38. The molecule has 0 fully saturated rings. The van der Waals surface area contributed by atoms with E-state index in [9.17, 15) is 14.4 Å². The molecule has 0 atom stereocenters. The summed E-state index contributed by atoms with van der Waals surface area (Å²) in [5.41, 5.74) is 4.47. The minimum atomic E-state index is -1.05. The largest absolute Gasteiger partial charge is 0.351 e. The van der Waals surface area contributed by atoms with Gasteiger partial charge in [0.2, 0.25) is 0 Å². The Morgan fingerprint density at radius 3 is 2.83 bits per heavy atom. The Balaban J connectivity index is 2.66. The molecule has 2 aromatic heterocycles. The highest BCUT2D eigenvalue weighted by atomic mass is 16.2. The number of hydrogen-bond acceptors (Lipinski definition) is 5. The van der Waals surface area contributed by atoms with Crippen LogP contribution in [0.1, 0.15) is 10.5 Å². The van der Waals surface area contributed by atoms with Crippen molar-refractivity contribution in [1.29, 1.82) is 0 Å². The summed E-state index contributed by atoms with van der Waals surface area (Å²) >= 11 is 0. The predicted molar refractivity (Wildman–Crippen MR) is 61.8 cm³/mol. The van der Waals surface area contributed by atoms with Crippen LogP contribution in [0.3, 0.4) is 0 Å². The summed E-state index contributed by atoms with van der Waals surface area (Å²) in [7, 11) is 1.46. The number of nitrogens with two attached hydrogens (primary N) is 1. The van der Waals surface area contributed by atoms with Crippen molar-refractivity contribution in [3.05, 3.63) is 34.4 Å². The molecule has 0 unspecified atom stereocenters. The van der Waals surface area contributed by atoms with E-state index in [1.54, 1.807) is 17.4 Å². The maximum atomic E-state index is 11.9. The molecule has 0 saturated heterocycles. The van der Waals surface area contributed by atoms with Crippen LogP contribution in [-0.2, 0) is 7.05 Å². The zero-order chi connectivity index (χ0) is 13.3. The van der Waals surface area contributed by atoms with Gasteiger partial charge in [-0.05, 0) is 12.1 Å². The highest BCUT2D eigenvalue weighted by Gasteiger charge is 2.17. The van der Waals surface area contributed by atoms with Gasteiger partial charge in [0.15, 0.2) is 11.3 Å². The molecule has 0 aliphatic heterocycles. The molecule has 2 aromatic rings. The lowest BCUT2D eigenvalue weighted by molar-refractivity contribution is 0.0959. The maximum Gasteiger partial charge on any atom is 0.319 e. The number of carbonyl (C=O) groups excluding carboxylic acids is 2. The van der Waals surface area contributed by atoms with Gasteiger partial charge in [-0.2, -0.15) is 0 Å². The Hall–Kier alpha value is -2.77. The number of imide groups is 1. The lowest BCUT2D eigenvalue weighted by Crippen LogP contribution is -2.39. The van der Waals surface area contributed by atoms with Crippen LogP contribution in [0.2, 0.25) is 0 Å². The number of aryl methyl sites for hydroxylation is 1. The summed E-state index contributed by atoms with van der Waals surface area (Å²) in [6.07, 6.45) is 1.51. The van der Waals surface area contributed by atoms with Gasteiger partial charge in [-0.15, -0.1) is 0 Å². The van der Waals surface area contributed by atoms with Crippen LogP contribution < -0.4 is 16.6 Å². The van der Waals surface area contributed by atoms with Gasteiger partial charge in [-0.3, -0.25) is 19.5 Å². The third-order valence-electron chi connectivity index (χ3n) is 2.28. The summed E-state index contributed by atoms with van der Waals surface area (Å²) < 4.78 is 1.18. The Kier molecular flexibility index (Phi) is 2.76. The normalized spacial score (nSPS) is 10.3. The lowest BCUT2D eigenvalue weighted by atomic mass is 10.3. The van der Waals surface area contributed by atoms with Crippen molar-refractivity contribution in [3.63, 3.8) is 0 Å². The van der Waals surface area contributed by atoms with Crippen molar-refractivity contribution in [2.24, 2.45) is 12.8 Å². The van der Waals surface area contributed by atoms with Gasteiger partial charge < -0.3 is 5.73 Å². The van der Waals surface area contributed by atoms with Crippen LogP contribution in [0.4, 0.5) is 4.79 Å². The van der Waals surface area contributed by atoms with E-state index in [4.69, 9.17) is 5.73 Å². The molecule has 0 saturated carbocycles. The molecule has 8 nitrogen and oxygen atoms in total. The molecule has 18 heavy (non-hydrogen) atoms. The minimum absolute atomic E-state index is 0.345. The van der Waals surface area contributed by atoms with Crippen LogP contribution in [0.15, 0.2) is 23.1 Å². The minimum Gasteiger partial charge on any atom is -0.351 e. The predicted octanol–water partition coefficient (Wildman–Crippen LogP) is -0.863. The number of urea groups is 1. The average Bonchev–Trinajstić information content (AvgIpc) is 2.33. The summed E-state index contributed by atoms with van der Waals surface area (Å²) in [6.45, 7) is 0. The first kappa shape index (κ1) is 11.7. The van der Waals surface area contributed by atoms with Gasteiger partial charge in [-0.25, -0.2) is 14.8 Å². The molecule has 8 heteroatoms. The van der Waals surface area contributed by atoms with Crippen molar-refractivity contribution >= 4 is 23.1 Å². The Morgan fingerprint density at radius 2 is 2.17 bits per heavy atom. The zero-order valence-electron chi connectivity index (χ0n) is 9.38. The van der Waals surface area contributed by atoms with Crippen LogP contribution in [0.25, 0.3) is 11.2 Å². The van der Waals surface area contributed by atoms with E-state index in [2.05, 4.69) is 9.97 Å². The fourth-order valence-electron chi connectivity index (χ4n) is 1.48. The van der Waals surface area contributed by atoms with Crippen LogP contribution in [0, 0.1) is 0 Å². The number of aromatic nitrogens is 3. The van der Waals surface area contributed by atoms with Crippen LogP contribution in [0.5, 0.6) is 0 Å². The number of pyridine rings is 1. The topological polar surface area (TPSA) is 120 Å². The quantitative estimate of drug-likeness (QED) is 0.679.